The van der Waals surface area contributed by atoms with Crippen LogP contribution in [-0.4, -0.2) is 41.8 Å². The molecule has 9 heteroatoms. The Morgan fingerprint density at radius 3 is 2.76 bits per heavy atom. The third-order valence-electron chi connectivity index (χ3n) is 3.85. The zero-order chi connectivity index (χ0) is 14.8. The van der Waals surface area contributed by atoms with Gasteiger partial charge in [-0.05, 0) is 26.2 Å². The molecule has 3 rings (SSSR count). The van der Waals surface area contributed by atoms with E-state index in [9.17, 15) is 0 Å². The van der Waals surface area contributed by atoms with Crippen LogP contribution >= 0.6 is 0 Å². The minimum absolute atomic E-state index is 0.319. The van der Waals surface area contributed by atoms with Crippen LogP contribution in [0, 0.1) is 0 Å². The van der Waals surface area contributed by atoms with Gasteiger partial charge in [0.15, 0.2) is 0 Å². The number of rotatable bonds is 4. The van der Waals surface area contributed by atoms with Crippen LogP contribution in [0.3, 0.4) is 0 Å². The van der Waals surface area contributed by atoms with Crippen molar-refractivity contribution in [1.29, 1.82) is 0 Å². The van der Waals surface area contributed by atoms with Gasteiger partial charge in [-0.25, -0.2) is 10.8 Å². The highest BCUT2D eigenvalue weighted by Crippen LogP contribution is 2.30. The monoisotopic (exact) mass is 289 g/mol. The average Bonchev–Trinajstić information content (AvgIpc) is 3.15. The number of hydrazine groups is 1. The summed E-state index contributed by atoms with van der Waals surface area (Å²) in [6.07, 6.45) is 6.32. The van der Waals surface area contributed by atoms with Crippen LogP contribution in [0.1, 0.15) is 33.1 Å². The maximum Gasteiger partial charge on any atom is 0.258 e. The van der Waals surface area contributed by atoms with Crippen molar-refractivity contribution < 1.29 is 0 Å². The maximum atomic E-state index is 5.47. The predicted molar refractivity (Wildman–Crippen MR) is 77.8 cm³/mol. The number of anilines is 2. The second-order valence-electron chi connectivity index (χ2n) is 5.14. The Bertz CT molecular complexity index is 597. The van der Waals surface area contributed by atoms with Crippen LogP contribution < -0.4 is 16.2 Å². The lowest BCUT2D eigenvalue weighted by Crippen LogP contribution is -2.36. The highest BCUT2D eigenvalue weighted by molar-refractivity contribution is 5.42. The molecule has 0 bridgehead atoms. The molecular formula is C12H19N9. The first-order valence-corrected chi connectivity index (χ1v) is 7.09. The molecule has 0 aromatic carbocycles. The van der Waals surface area contributed by atoms with Crippen molar-refractivity contribution in [1.82, 2.24) is 29.7 Å². The summed E-state index contributed by atoms with van der Waals surface area (Å²) >= 11 is 0. The average molecular weight is 289 g/mol. The summed E-state index contributed by atoms with van der Waals surface area (Å²) < 4.78 is 1.49. The Kier molecular flexibility index (Phi) is 3.65. The van der Waals surface area contributed by atoms with Gasteiger partial charge in [-0.3, -0.25) is 5.43 Å². The Hall–Kier alpha value is -2.29. The molecule has 1 aliphatic rings. The molecule has 0 aliphatic carbocycles. The van der Waals surface area contributed by atoms with Gasteiger partial charge in [-0.2, -0.15) is 24.7 Å². The van der Waals surface area contributed by atoms with Crippen LogP contribution in [0.15, 0.2) is 12.7 Å². The van der Waals surface area contributed by atoms with Crippen LogP contribution in [-0.2, 0) is 0 Å². The molecule has 21 heavy (non-hydrogen) atoms. The van der Waals surface area contributed by atoms with Crippen molar-refractivity contribution in [3.8, 4) is 5.95 Å². The van der Waals surface area contributed by atoms with Crippen LogP contribution in [0.25, 0.3) is 5.95 Å². The fourth-order valence-electron chi connectivity index (χ4n) is 2.78. The minimum atomic E-state index is 0.319. The molecule has 1 fully saturated rings. The highest BCUT2D eigenvalue weighted by Gasteiger charge is 2.32. The second-order valence-corrected chi connectivity index (χ2v) is 5.14. The number of aromatic nitrogens is 6. The Morgan fingerprint density at radius 1 is 1.29 bits per heavy atom. The highest BCUT2D eigenvalue weighted by atomic mass is 15.4. The van der Waals surface area contributed by atoms with E-state index in [1.165, 1.54) is 11.0 Å². The first kappa shape index (κ1) is 13.7. The Morgan fingerprint density at radius 2 is 2.10 bits per heavy atom. The molecule has 2 atom stereocenters. The van der Waals surface area contributed by atoms with Gasteiger partial charge in [0, 0.05) is 12.1 Å². The third-order valence-corrected chi connectivity index (χ3v) is 3.85. The number of nitrogens with one attached hydrogen (secondary N) is 1. The maximum absolute atomic E-state index is 5.47. The molecule has 0 spiro atoms. The van der Waals surface area contributed by atoms with Gasteiger partial charge in [-0.1, -0.05) is 6.92 Å². The molecule has 0 saturated carbocycles. The molecule has 3 heterocycles. The first-order chi connectivity index (χ1) is 10.2. The summed E-state index contributed by atoms with van der Waals surface area (Å²) in [5, 5.41) is 4.05. The lowest BCUT2D eigenvalue weighted by Gasteiger charge is -2.28. The lowest BCUT2D eigenvalue weighted by atomic mass is 10.2. The van der Waals surface area contributed by atoms with E-state index in [0.29, 0.717) is 29.9 Å². The molecule has 3 N–H and O–H groups in total. The number of hydrogen-bond donors (Lipinski definition) is 2. The standard InChI is InChI=1S/C12H19N9/c1-3-9-5-4-8(2)21(9)12-17-10(19-13)16-11(18-12)20-7-14-6-15-20/h6-9H,3-5,13H2,1-2H3,(H,16,17,18,19). The number of nitrogen functional groups attached to an aromatic ring is 1. The van der Waals surface area contributed by atoms with Gasteiger partial charge in [-0.15, -0.1) is 0 Å². The summed E-state index contributed by atoms with van der Waals surface area (Å²) in [5.41, 5.74) is 2.49. The quantitative estimate of drug-likeness (QED) is 0.618. The fraction of sp³-hybridized carbons (Fsp3) is 0.583. The largest absolute Gasteiger partial charge is 0.335 e. The van der Waals surface area contributed by atoms with Gasteiger partial charge in [0.2, 0.25) is 11.9 Å². The first-order valence-electron chi connectivity index (χ1n) is 7.09. The SMILES string of the molecule is CCC1CCC(C)N1c1nc(NN)nc(-n2cncn2)n1. The number of hydrogen-bond acceptors (Lipinski definition) is 8. The van der Waals surface area contributed by atoms with E-state index < -0.39 is 0 Å². The van der Waals surface area contributed by atoms with Crippen molar-refractivity contribution in [2.24, 2.45) is 5.84 Å². The van der Waals surface area contributed by atoms with Crippen molar-refractivity contribution in [3.63, 3.8) is 0 Å². The van der Waals surface area contributed by atoms with Gasteiger partial charge in [0.25, 0.3) is 5.95 Å². The zero-order valence-electron chi connectivity index (χ0n) is 12.1. The minimum Gasteiger partial charge on any atom is -0.335 e. The molecule has 2 aromatic rings. The summed E-state index contributed by atoms with van der Waals surface area (Å²) in [6, 6.07) is 0.836. The fourth-order valence-corrected chi connectivity index (χ4v) is 2.78. The summed E-state index contributed by atoms with van der Waals surface area (Å²) in [7, 11) is 0. The van der Waals surface area contributed by atoms with E-state index in [4.69, 9.17) is 5.84 Å². The third kappa shape index (κ3) is 2.51. The molecule has 2 unspecified atom stereocenters. The topological polar surface area (TPSA) is 111 Å². The van der Waals surface area contributed by atoms with E-state index in [2.05, 4.69) is 49.2 Å². The molecule has 1 saturated heterocycles. The van der Waals surface area contributed by atoms with Gasteiger partial charge in [0.05, 0.1) is 0 Å². The molecule has 9 nitrogen and oxygen atoms in total. The van der Waals surface area contributed by atoms with E-state index in [-0.39, 0.29) is 0 Å². The summed E-state index contributed by atoms with van der Waals surface area (Å²) in [5.74, 6) is 6.82. The van der Waals surface area contributed by atoms with Crippen LogP contribution in [0.4, 0.5) is 11.9 Å². The molecule has 1 aliphatic heterocycles. The van der Waals surface area contributed by atoms with Crippen molar-refractivity contribution in [2.45, 2.75) is 45.2 Å². The molecule has 0 amide bonds. The van der Waals surface area contributed by atoms with Gasteiger partial charge in [0.1, 0.15) is 12.7 Å². The smallest absolute Gasteiger partial charge is 0.258 e. The van der Waals surface area contributed by atoms with E-state index in [1.54, 1.807) is 6.33 Å². The molecule has 0 radical (unpaired) electrons. The van der Waals surface area contributed by atoms with Crippen LogP contribution in [0.2, 0.25) is 0 Å². The Balaban J connectivity index is 2.03. The number of nitrogens with zero attached hydrogens (tertiary/aromatic N) is 7. The van der Waals surface area contributed by atoms with E-state index in [0.717, 1.165) is 19.3 Å². The van der Waals surface area contributed by atoms with E-state index >= 15 is 0 Å². The van der Waals surface area contributed by atoms with Gasteiger partial charge >= 0.3 is 0 Å². The van der Waals surface area contributed by atoms with Crippen LogP contribution in [0.5, 0.6) is 0 Å². The predicted octanol–water partition coefficient (Wildman–Crippen LogP) is 0.505. The summed E-state index contributed by atoms with van der Waals surface area (Å²) in [6.45, 7) is 4.36. The normalized spacial score (nSPS) is 21.8. The van der Waals surface area contributed by atoms with Crippen molar-refractivity contribution >= 4 is 11.9 Å². The summed E-state index contributed by atoms with van der Waals surface area (Å²) in [4.78, 5) is 19.3. The molecule has 2 aromatic heterocycles. The number of nitrogens with two attached hydrogens (primary N) is 1. The van der Waals surface area contributed by atoms with Crippen molar-refractivity contribution in [2.75, 3.05) is 10.3 Å². The van der Waals surface area contributed by atoms with Crippen molar-refractivity contribution in [3.05, 3.63) is 12.7 Å². The lowest BCUT2D eigenvalue weighted by molar-refractivity contribution is 0.608. The van der Waals surface area contributed by atoms with E-state index in [1.807, 2.05) is 0 Å². The zero-order valence-corrected chi connectivity index (χ0v) is 12.1. The molecular weight excluding hydrogens is 270 g/mol. The Labute approximate surface area is 122 Å². The van der Waals surface area contributed by atoms with Gasteiger partial charge < -0.3 is 4.90 Å². The molecule has 112 valence electrons. The second kappa shape index (κ2) is 5.60.